The SMILES string of the molecule is CCCC(=O)CS(=O)c1ccc(C)cc1. The molecular formula is C12H16O2S. The van der Waals surface area contributed by atoms with Crippen LogP contribution >= 0.6 is 0 Å². The van der Waals surface area contributed by atoms with Crippen LogP contribution in [0.2, 0.25) is 0 Å². The highest BCUT2D eigenvalue weighted by Crippen LogP contribution is 2.09. The Hall–Kier alpha value is -0.960. The second-order valence-corrected chi connectivity index (χ2v) is 5.04. The average Bonchev–Trinajstić information content (AvgIpc) is 2.18. The Labute approximate surface area is 93.2 Å². The monoisotopic (exact) mass is 224 g/mol. The molecule has 0 aliphatic heterocycles. The molecule has 1 aromatic rings. The molecular weight excluding hydrogens is 208 g/mol. The van der Waals surface area contributed by atoms with E-state index >= 15 is 0 Å². The fourth-order valence-corrected chi connectivity index (χ4v) is 2.31. The molecule has 1 atom stereocenters. The topological polar surface area (TPSA) is 34.1 Å². The number of hydrogen-bond donors (Lipinski definition) is 0. The first-order valence-electron chi connectivity index (χ1n) is 5.10. The number of benzene rings is 1. The van der Waals surface area contributed by atoms with Gasteiger partial charge in [-0.15, -0.1) is 0 Å². The average molecular weight is 224 g/mol. The van der Waals surface area contributed by atoms with Gasteiger partial charge in [-0.1, -0.05) is 24.6 Å². The first-order chi connectivity index (χ1) is 7.13. The van der Waals surface area contributed by atoms with Crippen molar-refractivity contribution < 1.29 is 9.00 Å². The summed E-state index contributed by atoms with van der Waals surface area (Å²) in [6, 6.07) is 7.48. The molecule has 0 aromatic heterocycles. The van der Waals surface area contributed by atoms with E-state index in [0.717, 1.165) is 16.9 Å². The van der Waals surface area contributed by atoms with Gasteiger partial charge in [0.15, 0.2) is 0 Å². The normalized spacial score (nSPS) is 12.4. The second-order valence-electron chi connectivity index (χ2n) is 3.59. The van der Waals surface area contributed by atoms with Crippen molar-refractivity contribution in [3.05, 3.63) is 29.8 Å². The molecule has 3 heteroatoms. The second kappa shape index (κ2) is 5.81. The van der Waals surface area contributed by atoms with Crippen molar-refractivity contribution in [1.29, 1.82) is 0 Å². The van der Waals surface area contributed by atoms with E-state index in [1.165, 1.54) is 0 Å². The molecule has 1 unspecified atom stereocenters. The van der Waals surface area contributed by atoms with Gasteiger partial charge in [-0.2, -0.15) is 0 Å². The van der Waals surface area contributed by atoms with E-state index < -0.39 is 10.8 Å². The number of carbonyl (C=O) groups excluding carboxylic acids is 1. The van der Waals surface area contributed by atoms with Crippen LogP contribution < -0.4 is 0 Å². The Morgan fingerprint density at radius 2 is 1.87 bits per heavy atom. The molecule has 0 saturated heterocycles. The minimum Gasteiger partial charge on any atom is -0.299 e. The van der Waals surface area contributed by atoms with Crippen molar-refractivity contribution >= 4 is 16.6 Å². The van der Waals surface area contributed by atoms with Crippen molar-refractivity contribution in [2.45, 2.75) is 31.6 Å². The fourth-order valence-electron chi connectivity index (χ4n) is 1.27. The Bertz CT molecular complexity index is 354. The standard InChI is InChI=1S/C12H16O2S/c1-3-4-11(13)9-15(14)12-7-5-10(2)6-8-12/h5-8H,3-4,9H2,1-2H3. The smallest absolute Gasteiger partial charge is 0.145 e. The van der Waals surface area contributed by atoms with Crippen molar-refractivity contribution in [2.24, 2.45) is 0 Å². The molecule has 0 amide bonds. The zero-order valence-electron chi connectivity index (χ0n) is 9.16. The van der Waals surface area contributed by atoms with Crippen LogP contribution in [-0.2, 0) is 15.6 Å². The molecule has 1 aromatic carbocycles. The zero-order chi connectivity index (χ0) is 11.3. The Morgan fingerprint density at radius 1 is 1.27 bits per heavy atom. The number of Topliss-reactive ketones (excluding diaryl/α,β-unsaturated/α-hetero) is 1. The number of ketones is 1. The van der Waals surface area contributed by atoms with Crippen LogP contribution in [0.25, 0.3) is 0 Å². The van der Waals surface area contributed by atoms with Crippen LogP contribution in [0.1, 0.15) is 25.3 Å². The lowest BCUT2D eigenvalue weighted by molar-refractivity contribution is -0.116. The molecule has 1 rings (SSSR count). The van der Waals surface area contributed by atoms with Gasteiger partial charge < -0.3 is 0 Å². The summed E-state index contributed by atoms with van der Waals surface area (Å²) in [5, 5.41) is 0. The Kier molecular flexibility index (Phi) is 4.69. The third kappa shape index (κ3) is 3.96. The van der Waals surface area contributed by atoms with Gasteiger partial charge in [0.25, 0.3) is 0 Å². The number of hydrogen-bond acceptors (Lipinski definition) is 2. The van der Waals surface area contributed by atoms with Crippen LogP contribution in [0.3, 0.4) is 0 Å². The van der Waals surface area contributed by atoms with Gasteiger partial charge in [-0.3, -0.25) is 9.00 Å². The summed E-state index contributed by atoms with van der Waals surface area (Å²) in [5.41, 5.74) is 1.13. The lowest BCUT2D eigenvalue weighted by Gasteiger charge is -2.01. The molecule has 0 N–H and O–H groups in total. The predicted molar refractivity (Wildman–Crippen MR) is 62.4 cm³/mol. The molecule has 0 aliphatic carbocycles. The molecule has 82 valence electrons. The molecule has 0 spiro atoms. The van der Waals surface area contributed by atoms with Crippen molar-refractivity contribution in [3.63, 3.8) is 0 Å². The first kappa shape index (κ1) is 12.1. The molecule has 0 fully saturated rings. The largest absolute Gasteiger partial charge is 0.299 e. The first-order valence-corrected chi connectivity index (χ1v) is 6.42. The molecule has 15 heavy (non-hydrogen) atoms. The minimum absolute atomic E-state index is 0.0800. The Balaban J connectivity index is 2.61. The van der Waals surface area contributed by atoms with E-state index in [9.17, 15) is 9.00 Å². The van der Waals surface area contributed by atoms with Crippen LogP contribution in [0.5, 0.6) is 0 Å². The van der Waals surface area contributed by atoms with Crippen LogP contribution in [0.4, 0.5) is 0 Å². The molecule has 0 aliphatic rings. The zero-order valence-corrected chi connectivity index (χ0v) is 9.97. The van der Waals surface area contributed by atoms with Crippen LogP contribution in [-0.4, -0.2) is 15.7 Å². The number of aryl methyl sites for hydroxylation is 1. The van der Waals surface area contributed by atoms with Gasteiger partial charge in [0.1, 0.15) is 5.78 Å². The van der Waals surface area contributed by atoms with Gasteiger partial charge >= 0.3 is 0 Å². The van der Waals surface area contributed by atoms with Crippen molar-refractivity contribution in [1.82, 2.24) is 0 Å². The summed E-state index contributed by atoms with van der Waals surface area (Å²) in [6.07, 6.45) is 1.35. The summed E-state index contributed by atoms with van der Waals surface area (Å²) in [4.78, 5) is 12.0. The van der Waals surface area contributed by atoms with E-state index in [2.05, 4.69) is 0 Å². The van der Waals surface area contributed by atoms with Gasteiger partial charge in [-0.05, 0) is 25.5 Å². The van der Waals surface area contributed by atoms with Crippen LogP contribution in [0, 0.1) is 6.92 Å². The highest BCUT2D eigenvalue weighted by atomic mass is 32.2. The lowest BCUT2D eigenvalue weighted by Crippen LogP contribution is -2.10. The summed E-state index contributed by atoms with van der Waals surface area (Å²) in [5.74, 6) is 0.230. The maximum atomic E-state index is 11.7. The van der Waals surface area contributed by atoms with E-state index in [1.807, 2.05) is 38.1 Å². The Morgan fingerprint density at radius 3 is 2.40 bits per heavy atom. The predicted octanol–water partition coefficient (Wildman–Crippen LogP) is 2.47. The summed E-state index contributed by atoms with van der Waals surface area (Å²) >= 11 is 0. The van der Waals surface area contributed by atoms with Gasteiger partial charge in [0.05, 0.1) is 16.6 Å². The van der Waals surface area contributed by atoms with E-state index in [0.29, 0.717) is 6.42 Å². The third-order valence-corrected chi connectivity index (χ3v) is 3.49. The lowest BCUT2D eigenvalue weighted by atomic mass is 10.2. The quantitative estimate of drug-likeness (QED) is 0.770. The fraction of sp³-hybridized carbons (Fsp3) is 0.417. The van der Waals surface area contributed by atoms with E-state index in [1.54, 1.807) is 0 Å². The van der Waals surface area contributed by atoms with E-state index in [4.69, 9.17) is 0 Å². The van der Waals surface area contributed by atoms with E-state index in [-0.39, 0.29) is 11.5 Å². The van der Waals surface area contributed by atoms with Crippen LogP contribution in [0.15, 0.2) is 29.2 Å². The summed E-state index contributed by atoms with van der Waals surface area (Å²) in [7, 11) is -1.17. The molecule has 0 saturated carbocycles. The summed E-state index contributed by atoms with van der Waals surface area (Å²) in [6.45, 7) is 3.93. The third-order valence-electron chi connectivity index (χ3n) is 2.10. The highest BCUT2D eigenvalue weighted by Gasteiger charge is 2.08. The maximum absolute atomic E-state index is 11.7. The molecule has 0 heterocycles. The number of carbonyl (C=O) groups is 1. The summed E-state index contributed by atoms with van der Waals surface area (Å²) < 4.78 is 11.7. The maximum Gasteiger partial charge on any atom is 0.145 e. The molecule has 0 radical (unpaired) electrons. The molecule has 2 nitrogen and oxygen atoms in total. The van der Waals surface area contributed by atoms with Gasteiger partial charge in [-0.25, -0.2) is 0 Å². The van der Waals surface area contributed by atoms with Crippen molar-refractivity contribution in [3.8, 4) is 0 Å². The number of rotatable bonds is 5. The van der Waals surface area contributed by atoms with Gasteiger partial charge in [0.2, 0.25) is 0 Å². The van der Waals surface area contributed by atoms with Gasteiger partial charge in [0, 0.05) is 11.3 Å². The highest BCUT2D eigenvalue weighted by molar-refractivity contribution is 7.85. The molecule has 0 bridgehead atoms. The van der Waals surface area contributed by atoms with Crippen molar-refractivity contribution in [2.75, 3.05) is 5.75 Å². The minimum atomic E-state index is -1.17.